The third-order valence-corrected chi connectivity index (χ3v) is 5.01. The van der Waals surface area contributed by atoms with Gasteiger partial charge in [0.2, 0.25) is 0 Å². The second-order valence-electron chi connectivity index (χ2n) is 6.37. The zero-order valence-corrected chi connectivity index (χ0v) is 15.3. The molecular formula is C20H21NO3S. The average molecular weight is 355 g/mol. The molecule has 0 radical (unpaired) electrons. The number of aromatic nitrogens is 1. The molecule has 0 bridgehead atoms. The van der Waals surface area contributed by atoms with Crippen molar-refractivity contribution in [3.63, 3.8) is 0 Å². The molecule has 0 atom stereocenters. The van der Waals surface area contributed by atoms with Crippen molar-refractivity contribution >= 4 is 22.7 Å². The number of fused-ring (bicyclic) bond motifs is 1. The Morgan fingerprint density at radius 2 is 1.76 bits per heavy atom. The van der Waals surface area contributed by atoms with Crippen LogP contribution in [0.3, 0.4) is 0 Å². The van der Waals surface area contributed by atoms with Crippen LogP contribution in [0.25, 0.3) is 10.9 Å². The highest BCUT2D eigenvalue weighted by molar-refractivity contribution is 7.99. The molecule has 25 heavy (non-hydrogen) atoms. The van der Waals surface area contributed by atoms with Crippen molar-refractivity contribution in [2.45, 2.75) is 24.3 Å². The molecule has 1 N–H and O–H groups in total. The van der Waals surface area contributed by atoms with Crippen LogP contribution in [0.4, 0.5) is 0 Å². The van der Waals surface area contributed by atoms with E-state index >= 15 is 0 Å². The highest BCUT2D eigenvalue weighted by Gasteiger charge is 2.12. The number of methoxy groups -OCH3 is 1. The lowest BCUT2D eigenvalue weighted by atomic mass is 10.2. The number of aliphatic hydroxyl groups is 1. The first-order valence-electron chi connectivity index (χ1n) is 8.00. The van der Waals surface area contributed by atoms with Crippen molar-refractivity contribution in [3.05, 3.63) is 54.7 Å². The van der Waals surface area contributed by atoms with Crippen LogP contribution >= 0.6 is 11.8 Å². The third-order valence-electron chi connectivity index (χ3n) is 3.55. The topological polar surface area (TPSA) is 51.6 Å². The van der Waals surface area contributed by atoms with Crippen LogP contribution in [0.15, 0.2) is 59.6 Å². The minimum Gasteiger partial charge on any atom is -0.497 e. The second-order valence-corrected chi connectivity index (χ2v) is 7.42. The zero-order valence-electron chi connectivity index (χ0n) is 14.5. The Morgan fingerprint density at radius 3 is 2.44 bits per heavy atom. The number of rotatable bonds is 6. The lowest BCUT2D eigenvalue weighted by molar-refractivity contribution is 0.107. The zero-order chi connectivity index (χ0) is 17.9. The first-order chi connectivity index (χ1) is 11.9. The highest BCUT2D eigenvalue weighted by atomic mass is 32.2. The van der Waals surface area contributed by atoms with E-state index in [9.17, 15) is 5.11 Å². The Hall–Kier alpha value is -2.24. The van der Waals surface area contributed by atoms with E-state index in [0.29, 0.717) is 5.75 Å². The summed E-state index contributed by atoms with van der Waals surface area (Å²) >= 11 is 1.62. The van der Waals surface area contributed by atoms with E-state index in [1.54, 1.807) is 38.9 Å². The first-order valence-corrected chi connectivity index (χ1v) is 8.99. The van der Waals surface area contributed by atoms with Crippen LogP contribution in [-0.4, -0.2) is 28.6 Å². The normalized spacial score (nSPS) is 11.5. The lowest BCUT2D eigenvalue weighted by Gasteiger charge is -2.16. The Bertz CT molecular complexity index is 857. The maximum Gasteiger partial charge on any atom is 0.138 e. The van der Waals surface area contributed by atoms with Crippen LogP contribution in [0.1, 0.15) is 13.8 Å². The summed E-state index contributed by atoms with van der Waals surface area (Å²) in [5, 5.41) is 10.7. The van der Waals surface area contributed by atoms with Gasteiger partial charge in [0.25, 0.3) is 0 Å². The van der Waals surface area contributed by atoms with Crippen molar-refractivity contribution in [2.24, 2.45) is 0 Å². The van der Waals surface area contributed by atoms with Crippen LogP contribution < -0.4 is 9.47 Å². The Kier molecular flexibility index (Phi) is 5.16. The number of benzene rings is 2. The predicted molar refractivity (Wildman–Crippen MR) is 102 cm³/mol. The molecule has 0 saturated heterocycles. The molecule has 130 valence electrons. The largest absolute Gasteiger partial charge is 0.497 e. The van der Waals surface area contributed by atoms with Crippen LogP contribution in [0.2, 0.25) is 0 Å². The van der Waals surface area contributed by atoms with Gasteiger partial charge >= 0.3 is 0 Å². The molecule has 0 fully saturated rings. The second kappa shape index (κ2) is 7.33. The van der Waals surface area contributed by atoms with Crippen molar-refractivity contribution in [1.82, 2.24) is 4.98 Å². The van der Waals surface area contributed by atoms with Gasteiger partial charge in [0.1, 0.15) is 17.2 Å². The van der Waals surface area contributed by atoms with E-state index in [1.165, 1.54) is 0 Å². The maximum atomic E-state index is 9.81. The summed E-state index contributed by atoms with van der Waals surface area (Å²) in [5.74, 6) is 2.93. The first kappa shape index (κ1) is 17.6. The lowest BCUT2D eigenvalue weighted by Crippen LogP contribution is -2.21. The summed E-state index contributed by atoms with van der Waals surface area (Å²) in [6.07, 6.45) is 1.73. The highest BCUT2D eigenvalue weighted by Crippen LogP contribution is 2.32. The number of thioether (sulfide) groups is 1. The van der Waals surface area contributed by atoms with E-state index < -0.39 is 5.60 Å². The number of nitrogens with zero attached hydrogens (tertiary/aromatic N) is 1. The molecule has 1 aromatic heterocycles. The quantitative estimate of drug-likeness (QED) is 0.638. The number of pyridine rings is 1. The molecule has 0 amide bonds. The predicted octanol–water partition coefficient (Wildman–Crippen LogP) is 4.90. The summed E-state index contributed by atoms with van der Waals surface area (Å²) in [7, 11) is 1.64. The van der Waals surface area contributed by atoms with Crippen molar-refractivity contribution in [1.29, 1.82) is 0 Å². The molecule has 0 aliphatic carbocycles. The molecule has 0 saturated carbocycles. The van der Waals surface area contributed by atoms with E-state index in [0.717, 1.165) is 33.0 Å². The van der Waals surface area contributed by atoms with E-state index in [-0.39, 0.29) is 0 Å². The molecule has 0 aliphatic rings. The minimum absolute atomic E-state index is 0.643. The summed E-state index contributed by atoms with van der Waals surface area (Å²) in [6, 6.07) is 15.4. The smallest absolute Gasteiger partial charge is 0.138 e. The number of ether oxygens (including phenoxy) is 2. The molecule has 0 spiro atoms. The van der Waals surface area contributed by atoms with Gasteiger partial charge in [-0.2, -0.15) is 0 Å². The van der Waals surface area contributed by atoms with Gasteiger partial charge in [-0.15, -0.1) is 11.8 Å². The molecule has 1 heterocycles. The Balaban J connectivity index is 1.77. The fraction of sp³-hybridized carbons (Fsp3) is 0.250. The summed E-state index contributed by atoms with van der Waals surface area (Å²) in [6.45, 7) is 3.61. The number of hydrogen-bond donors (Lipinski definition) is 1. The van der Waals surface area contributed by atoms with Crippen molar-refractivity contribution < 1.29 is 14.6 Å². The van der Waals surface area contributed by atoms with Crippen molar-refractivity contribution in [2.75, 3.05) is 12.9 Å². The van der Waals surface area contributed by atoms with Crippen LogP contribution in [0.5, 0.6) is 17.2 Å². The van der Waals surface area contributed by atoms with Gasteiger partial charge in [-0.1, -0.05) is 0 Å². The molecule has 5 heteroatoms. The summed E-state index contributed by atoms with van der Waals surface area (Å²) in [5.41, 5.74) is 0.144. The molecule has 2 aromatic carbocycles. The minimum atomic E-state index is -0.684. The molecule has 0 unspecified atom stereocenters. The summed E-state index contributed by atoms with van der Waals surface area (Å²) < 4.78 is 11.3. The Morgan fingerprint density at radius 1 is 1.04 bits per heavy atom. The van der Waals surface area contributed by atoms with Crippen LogP contribution in [-0.2, 0) is 0 Å². The van der Waals surface area contributed by atoms with E-state index in [2.05, 4.69) is 4.98 Å². The molecule has 0 aliphatic heterocycles. The van der Waals surface area contributed by atoms with Gasteiger partial charge in [0.05, 0.1) is 18.2 Å². The van der Waals surface area contributed by atoms with Gasteiger partial charge < -0.3 is 14.6 Å². The van der Waals surface area contributed by atoms with Gasteiger partial charge in [-0.25, -0.2) is 0 Å². The fourth-order valence-corrected chi connectivity index (χ4v) is 3.16. The fourth-order valence-electron chi connectivity index (χ4n) is 2.31. The Labute approximate surface area is 151 Å². The van der Waals surface area contributed by atoms with Crippen LogP contribution in [0, 0.1) is 0 Å². The average Bonchev–Trinajstić information content (AvgIpc) is 2.60. The SMILES string of the molecule is COc1ccc2c(Oc3ccc(SCC(C)(C)O)cc3)ccnc2c1. The molecule has 3 rings (SSSR count). The number of hydrogen-bond acceptors (Lipinski definition) is 5. The van der Waals surface area contributed by atoms with E-state index in [4.69, 9.17) is 9.47 Å². The van der Waals surface area contributed by atoms with Gasteiger partial charge in [-0.3, -0.25) is 4.98 Å². The van der Waals surface area contributed by atoms with Gasteiger partial charge in [-0.05, 0) is 56.3 Å². The van der Waals surface area contributed by atoms with Gasteiger partial charge in [0.15, 0.2) is 0 Å². The summed E-state index contributed by atoms with van der Waals surface area (Å²) in [4.78, 5) is 5.46. The van der Waals surface area contributed by atoms with Gasteiger partial charge in [0, 0.05) is 28.3 Å². The molecule has 4 nitrogen and oxygen atoms in total. The third kappa shape index (κ3) is 4.65. The standard InChI is InChI=1S/C20H21NO3S/c1-20(2,22)13-25-16-7-4-14(5-8-16)24-19-10-11-21-18-12-15(23-3)6-9-17(18)19/h4-12,22H,13H2,1-3H3. The maximum absolute atomic E-state index is 9.81. The van der Waals surface area contributed by atoms with Crippen molar-refractivity contribution in [3.8, 4) is 17.2 Å². The monoisotopic (exact) mass is 355 g/mol. The molecular weight excluding hydrogens is 334 g/mol. The van der Waals surface area contributed by atoms with E-state index in [1.807, 2.05) is 48.5 Å². The molecule has 3 aromatic rings.